The monoisotopic (exact) mass is 275 g/mol. The highest BCUT2D eigenvalue weighted by atomic mass is 16.2. The summed E-state index contributed by atoms with van der Waals surface area (Å²) in [5.41, 5.74) is 10.8. The molecule has 0 radical (unpaired) electrons. The van der Waals surface area contributed by atoms with Crippen LogP contribution in [0.3, 0.4) is 0 Å². The molecule has 4 nitrogen and oxygen atoms in total. The van der Waals surface area contributed by atoms with Crippen LogP contribution in [0, 0.1) is 0 Å². The second kappa shape index (κ2) is 6.86. The van der Waals surface area contributed by atoms with Gasteiger partial charge < -0.3 is 5.73 Å². The van der Waals surface area contributed by atoms with E-state index < -0.39 is 0 Å². The van der Waals surface area contributed by atoms with Crippen molar-refractivity contribution in [2.24, 2.45) is 5.73 Å². The van der Waals surface area contributed by atoms with Crippen molar-refractivity contribution in [2.45, 2.75) is 58.2 Å². The van der Waals surface area contributed by atoms with Crippen molar-refractivity contribution in [1.82, 2.24) is 10.4 Å². The lowest BCUT2D eigenvalue weighted by atomic mass is 9.99. The summed E-state index contributed by atoms with van der Waals surface area (Å²) < 4.78 is 0. The zero-order chi connectivity index (χ0) is 14.5. The van der Waals surface area contributed by atoms with Crippen LogP contribution in [-0.2, 0) is 17.8 Å². The molecule has 20 heavy (non-hydrogen) atoms. The molecule has 1 aliphatic heterocycles. The molecule has 1 heterocycles. The van der Waals surface area contributed by atoms with Gasteiger partial charge in [0.05, 0.1) is 6.42 Å². The third kappa shape index (κ3) is 3.58. The molecule has 1 aromatic rings. The smallest absolute Gasteiger partial charge is 0.238 e. The van der Waals surface area contributed by atoms with Gasteiger partial charge in [-0.05, 0) is 37.8 Å². The number of nitrogens with one attached hydrogen (secondary N) is 1. The van der Waals surface area contributed by atoms with Crippen LogP contribution < -0.4 is 11.2 Å². The van der Waals surface area contributed by atoms with Crippen molar-refractivity contribution >= 4 is 5.91 Å². The Bertz CT molecular complexity index is 451. The van der Waals surface area contributed by atoms with Gasteiger partial charge in [-0.1, -0.05) is 30.7 Å². The summed E-state index contributed by atoms with van der Waals surface area (Å²) in [6.07, 6.45) is 3.92. The van der Waals surface area contributed by atoms with Crippen LogP contribution in [0.15, 0.2) is 24.3 Å². The number of nitrogens with zero attached hydrogens (tertiary/aromatic N) is 1. The SMILES string of the molecule is CC1CCCC(C)N1NC(=O)Cc1ccccc1CN. The first-order valence-electron chi connectivity index (χ1n) is 7.46. The average molecular weight is 275 g/mol. The Balaban J connectivity index is 1.98. The maximum absolute atomic E-state index is 12.2. The van der Waals surface area contributed by atoms with Crippen molar-refractivity contribution in [3.05, 3.63) is 35.4 Å². The van der Waals surface area contributed by atoms with Gasteiger partial charge in [0.25, 0.3) is 0 Å². The van der Waals surface area contributed by atoms with E-state index >= 15 is 0 Å². The number of carbonyl (C=O) groups is 1. The lowest BCUT2D eigenvalue weighted by molar-refractivity contribution is -0.128. The van der Waals surface area contributed by atoms with Crippen molar-refractivity contribution < 1.29 is 4.79 Å². The zero-order valence-electron chi connectivity index (χ0n) is 12.4. The first-order valence-corrected chi connectivity index (χ1v) is 7.46. The number of rotatable bonds is 4. The van der Waals surface area contributed by atoms with Crippen molar-refractivity contribution in [3.63, 3.8) is 0 Å². The Hall–Kier alpha value is -1.39. The van der Waals surface area contributed by atoms with E-state index in [0.29, 0.717) is 25.0 Å². The van der Waals surface area contributed by atoms with Crippen LogP contribution in [0.2, 0.25) is 0 Å². The van der Waals surface area contributed by atoms with Gasteiger partial charge in [-0.15, -0.1) is 0 Å². The van der Waals surface area contributed by atoms with Crippen molar-refractivity contribution in [1.29, 1.82) is 0 Å². The quantitative estimate of drug-likeness (QED) is 0.883. The number of carbonyl (C=O) groups excluding carboxylic acids is 1. The lowest BCUT2D eigenvalue weighted by Gasteiger charge is -2.38. The molecular formula is C16H25N3O. The van der Waals surface area contributed by atoms with E-state index in [1.807, 2.05) is 24.3 Å². The Labute approximate surface area is 121 Å². The van der Waals surface area contributed by atoms with Crippen LogP contribution >= 0.6 is 0 Å². The fourth-order valence-electron chi connectivity index (χ4n) is 2.93. The first-order chi connectivity index (χ1) is 9.61. The summed E-state index contributed by atoms with van der Waals surface area (Å²) in [5, 5.41) is 2.11. The van der Waals surface area contributed by atoms with Crippen LogP contribution in [0.5, 0.6) is 0 Å². The predicted octanol–water partition coefficient (Wildman–Crippen LogP) is 1.98. The van der Waals surface area contributed by atoms with Gasteiger partial charge in [-0.3, -0.25) is 10.2 Å². The Morgan fingerprint density at radius 3 is 2.45 bits per heavy atom. The molecule has 3 N–H and O–H groups in total. The molecule has 2 atom stereocenters. The summed E-state index contributed by atoms with van der Waals surface area (Å²) in [7, 11) is 0. The minimum absolute atomic E-state index is 0.0477. The second-order valence-electron chi connectivity index (χ2n) is 5.72. The van der Waals surface area contributed by atoms with Crippen LogP contribution in [-0.4, -0.2) is 23.0 Å². The Morgan fingerprint density at radius 2 is 1.85 bits per heavy atom. The molecule has 0 aliphatic carbocycles. The first kappa shape index (κ1) is 15.0. The van der Waals surface area contributed by atoms with E-state index in [9.17, 15) is 4.79 Å². The molecule has 1 aliphatic rings. The van der Waals surface area contributed by atoms with Crippen LogP contribution in [0.25, 0.3) is 0 Å². The third-order valence-electron chi connectivity index (χ3n) is 4.14. The van der Waals surface area contributed by atoms with Gasteiger partial charge in [-0.2, -0.15) is 0 Å². The highest BCUT2D eigenvalue weighted by molar-refractivity contribution is 5.78. The van der Waals surface area contributed by atoms with Gasteiger partial charge in [0.15, 0.2) is 0 Å². The highest BCUT2D eigenvalue weighted by Crippen LogP contribution is 2.20. The minimum atomic E-state index is 0.0477. The largest absolute Gasteiger partial charge is 0.326 e. The molecule has 1 saturated heterocycles. The number of piperidine rings is 1. The van der Waals surface area contributed by atoms with Crippen LogP contribution in [0.4, 0.5) is 0 Å². The van der Waals surface area contributed by atoms with Crippen molar-refractivity contribution in [2.75, 3.05) is 0 Å². The standard InChI is InChI=1S/C16H25N3O/c1-12-6-5-7-13(2)19(12)18-16(20)10-14-8-3-4-9-15(14)11-17/h3-4,8-9,12-13H,5-7,10-11,17H2,1-2H3,(H,18,20). The number of hydrazine groups is 1. The average Bonchev–Trinajstić information content (AvgIpc) is 2.44. The van der Waals surface area contributed by atoms with Crippen molar-refractivity contribution in [3.8, 4) is 0 Å². The molecule has 2 unspecified atom stereocenters. The fraction of sp³-hybridized carbons (Fsp3) is 0.562. The molecular weight excluding hydrogens is 250 g/mol. The molecule has 2 rings (SSSR count). The van der Waals surface area contributed by atoms with Gasteiger partial charge in [0, 0.05) is 18.6 Å². The molecule has 0 saturated carbocycles. The van der Waals surface area contributed by atoms with Gasteiger partial charge in [0.1, 0.15) is 0 Å². The zero-order valence-corrected chi connectivity index (χ0v) is 12.4. The molecule has 0 bridgehead atoms. The van der Waals surface area contributed by atoms with E-state index in [1.165, 1.54) is 6.42 Å². The van der Waals surface area contributed by atoms with E-state index in [0.717, 1.165) is 24.0 Å². The minimum Gasteiger partial charge on any atom is -0.326 e. The maximum Gasteiger partial charge on any atom is 0.238 e. The number of benzene rings is 1. The number of hydrogen-bond acceptors (Lipinski definition) is 3. The molecule has 1 fully saturated rings. The summed E-state index contributed by atoms with van der Waals surface area (Å²) in [6, 6.07) is 8.69. The summed E-state index contributed by atoms with van der Waals surface area (Å²) in [6.45, 7) is 4.81. The van der Waals surface area contributed by atoms with E-state index in [-0.39, 0.29) is 5.91 Å². The predicted molar refractivity (Wildman–Crippen MR) is 80.8 cm³/mol. The van der Waals surface area contributed by atoms with E-state index in [2.05, 4.69) is 24.3 Å². The summed E-state index contributed by atoms with van der Waals surface area (Å²) >= 11 is 0. The summed E-state index contributed by atoms with van der Waals surface area (Å²) in [5.74, 6) is 0.0477. The normalized spacial score (nSPS) is 23.6. The fourth-order valence-corrected chi connectivity index (χ4v) is 2.93. The Morgan fingerprint density at radius 1 is 1.25 bits per heavy atom. The van der Waals surface area contributed by atoms with E-state index in [4.69, 9.17) is 5.73 Å². The highest BCUT2D eigenvalue weighted by Gasteiger charge is 2.26. The van der Waals surface area contributed by atoms with E-state index in [1.54, 1.807) is 0 Å². The summed E-state index contributed by atoms with van der Waals surface area (Å²) in [4.78, 5) is 12.2. The van der Waals surface area contributed by atoms with Crippen LogP contribution in [0.1, 0.15) is 44.2 Å². The van der Waals surface area contributed by atoms with Gasteiger partial charge >= 0.3 is 0 Å². The Kier molecular flexibility index (Phi) is 5.15. The second-order valence-corrected chi connectivity index (χ2v) is 5.72. The molecule has 1 aromatic carbocycles. The molecule has 0 spiro atoms. The number of amides is 1. The molecule has 4 heteroatoms. The number of nitrogens with two attached hydrogens (primary N) is 1. The topological polar surface area (TPSA) is 58.4 Å². The molecule has 0 aromatic heterocycles. The lowest BCUT2D eigenvalue weighted by Crippen LogP contribution is -2.54. The maximum atomic E-state index is 12.2. The molecule has 1 amide bonds. The molecule has 110 valence electrons. The van der Waals surface area contributed by atoms with Gasteiger partial charge in [0.2, 0.25) is 5.91 Å². The van der Waals surface area contributed by atoms with Gasteiger partial charge in [-0.25, -0.2) is 5.01 Å². The third-order valence-corrected chi connectivity index (χ3v) is 4.14. The number of hydrogen-bond donors (Lipinski definition) is 2.